The summed E-state index contributed by atoms with van der Waals surface area (Å²) in [6, 6.07) is 5.08. The van der Waals surface area contributed by atoms with Crippen molar-refractivity contribution in [3.05, 3.63) is 29.3 Å². The molecule has 4 nitrogen and oxygen atoms in total. The Hall–Kier alpha value is -1.76. The van der Waals surface area contributed by atoms with Crippen LogP contribution in [0.25, 0.3) is 0 Å². The molecule has 1 aromatic carbocycles. The highest BCUT2D eigenvalue weighted by Gasteiger charge is 2.57. The largest absolute Gasteiger partial charge is 0.419 e. The third-order valence-corrected chi connectivity index (χ3v) is 4.12. The number of β-amino-alcohol motifs (C(OH)–C–C–N with tert-alkyl or cyclic N) is 1. The molecule has 2 aliphatic heterocycles. The number of amides is 1. The topological polar surface area (TPSA) is 52.6 Å². The van der Waals surface area contributed by atoms with Crippen LogP contribution in [0.1, 0.15) is 22.3 Å². The van der Waals surface area contributed by atoms with E-state index < -0.39 is 30.7 Å². The van der Waals surface area contributed by atoms with Crippen molar-refractivity contribution in [2.24, 2.45) is 0 Å². The van der Waals surface area contributed by atoms with Crippen LogP contribution in [0.2, 0.25) is 0 Å². The van der Waals surface area contributed by atoms with Crippen LogP contribution in [0.4, 0.5) is 18.9 Å². The Labute approximate surface area is 119 Å². The van der Waals surface area contributed by atoms with E-state index in [0.29, 0.717) is 5.56 Å². The summed E-state index contributed by atoms with van der Waals surface area (Å²) in [5.74, 6) is -0.468. The van der Waals surface area contributed by atoms with Gasteiger partial charge in [0.2, 0.25) is 0 Å². The van der Waals surface area contributed by atoms with Gasteiger partial charge in [0.15, 0.2) is 5.60 Å². The maximum atomic E-state index is 12.8. The Balaban J connectivity index is 1.78. The summed E-state index contributed by atoms with van der Waals surface area (Å²) in [6.45, 7) is -0.000632. The third kappa shape index (κ3) is 2.35. The van der Waals surface area contributed by atoms with Crippen LogP contribution in [0.3, 0.4) is 0 Å². The van der Waals surface area contributed by atoms with E-state index in [4.69, 9.17) is 0 Å². The number of benzene rings is 1. The number of aliphatic hydroxyl groups is 1. The van der Waals surface area contributed by atoms with Gasteiger partial charge in [-0.15, -0.1) is 0 Å². The number of fused-ring (bicyclic) bond motifs is 1. The number of hydrogen-bond donors (Lipinski definition) is 2. The van der Waals surface area contributed by atoms with E-state index in [9.17, 15) is 23.1 Å². The zero-order valence-electron chi connectivity index (χ0n) is 11.2. The van der Waals surface area contributed by atoms with Gasteiger partial charge >= 0.3 is 6.18 Å². The molecule has 114 valence electrons. The van der Waals surface area contributed by atoms with Gasteiger partial charge in [0.05, 0.1) is 6.54 Å². The second-order valence-electron chi connectivity index (χ2n) is 5.55. The Morgan fingerprint density at radius 1 is 1.38 bits per heavy atom. The minimum Gasteiger partial charge on any atom is -0.384 e. The number of rotatable bonds is 1. The van der Waals surface area contributed by atoms with Gasteiger partial charge in [0.25, 0.3) is 5.91 Å². The van der Waals surface area contributed by atoms with Crippen LogP contribution in [0.15, 0.2) is 18.2 Å². The Morgan fingerprint density at radius 3 is 2.81 bits per heavy atom. The molecular weight excluding hydrogens is 285 g/mol. The summed E-state index contributed by atoms with van der Waals surface area (Å²) < 4.78 is 38.3. The van der Waals surface area contributed by atoms with Gasteiger partial charge < -0.3 is 15.3 Å². The average molecular weight is 300 g/mol. The number of nitrogens with one attached hydrogen (secondary N) is 1. The standard InChI is InChI=1S/C14H15F3N2O2/c15-14(16,17)13(21)4-6-19(8-13)12(20)10-1-2-11-9(7-10)3-5-18-11/h1-2,7,18,21H,3-6,8H2. The third-order valence-electron chi connectivity index (χ3n) is 4.12. The van der Waals surface area contributed by atoms with E-state index in [1.807, 2.05) is 0 Å². The molecule has 21 heavy (non-hydrogen) atoms. The van der Waals surface area contributed by atoms with Crippen molar-refractivity contribution < 1.29 is 23.1 Å². The van der Waals surface area contributed by atoms with Crippen molar-refractivity contribution >= 4 is 11.6 Å². The number of carbonyl (C=O) groups is 1. The minimum atomic E-state index is -4.72. The zero-order chi connectivity index (χ0) is 15.3. The molecule has 2 N–H and O–H groups in total. The van der Waals surface area contributed by atoms with E-state index in [1.165, 1.54) is 0 Å². The fourth-order valence-corrected chi connectivity index (χ4v) is 2.82. The van der Waals surface area contributed by atoms with Gasteiger partial charge in [-0.1, -0.05) is 0 Å². The molecule has 1 saturated heterocycles. The Morgan fingerprint density at radius 2 is 2.14 bits per heavy atom. The maximum Gasteiger partial charge on any atom is 0.419 e. The van der Waals surface area contributed by atoms with E-state index in [1.54, 1.807) is 18.2 Å². The van der Waals surface area contributed by atoms with Crippen LogP contribution < -0.4 is 5.32 Å². The molecule has 1 unspecified atom stereocenters. The maximum absolute atomic E-state index is 12.8. The molecule has 0 spiro atoms. The number of hydrogen-bond acceptors (Lipinski definition) is 3. The zero-order valence-corrected chi connectivity index (χ0v) is 11.2. The molecule has 0 aromatic heterocycles. The van der Waals surface area contributed by atoms with E-state index >= 15 is 0 Å². The highest BCUT2D eigenvalue weighted by atomic mass is 19.4. The highest BCUT2D eigenvalue weighted by Crippen LogP contribution is 2.38. The molecule has 2 aliphatic rings. The predicted octanol–water partition coefficient (Wildman–Crippen LogP) is 1.79. The second-order valence-corrected chi connectivity index (χ2v) is 5.55. The van der Waals surface area contributed by atoms with Crippen molar-refractivity contribution in [2.45, 2.75) is 24.6 Å². The summed E-state index contributed by atoms with van der Waals surface area (Å²) in [5.41, 5.74) is -0.476. The van der Waals surface area contributed by atoms with Crippen molar-refractivity contribution in [3.8, 4) is 0 Å². The summed E-state index contributed by atoms with van der Waals surface area (Å²) >= 11 is 0. The molecule has 1 amide bonds. The first kappa shape index (κ1) is 14.2. The molecule has 7 heteroatoms. The fourth-order valence-electron chi connectivity index (χ4n) is 2.82. The van der Waals surface area contributed by atoms with Gasteiger partial charge in [-0.25, -0.2) is 0 Å². The smallest absolute Gasteiger partial charge is 0.384 e. The molecule has 2 heterocycles. The molecule has 0 saturated carbocycles. The van der Waals surface area contributed by atoms with Crippen LogP contribution in [0, 0.1) is 0 Å². The summed E-state index contributed by atoms with van der Waals surface area (Å²) in [4.78, 5) is 13.4. The predicted molar refractivity (Wildman–Crippen MR) is 70.2 cm³/mol. The fraction of sp³-hybridized carbons (Fsp3) is 0.500. The van der Waals surface area contributed by atoms with Gasteiger partial charge in [0.1, 0.15) is 0 Å². The van der Waals surface area contributed by atoms with Crippen molar-refractivity contribution in [3.63, 3.8) is 0 Å². The summed E-state index contributed by atoms with van der Waals surface area (Å²) in [7, 11) is 0. The van der Waals surface area contributed by atoms with Gasteiger partial charge in [-0.2, -0.15) is 13.2 Å². The monoisotopic (exact) mass is 300 g/mol. The van der Waals surface area contributed by atoms with E-state index in [0.717, 1.165) is 29.1 Å². The first-order valence-corrected chi connectivity index (χ1v) is 6.75. The Kier molecular flexibility index (Phi) is 3.12. The SMILES string of the molecule is O=C(c1ccc2c(c1)CCN2)N1CCC(O)(C(F)(F)F)C1. The lowest BCUT2D eigenvalue weighted by Gasteiger charge is -2.26. The van der Waals surface area contributed by atoms with Gasteiger partial charge in [-0.05, 0) is 30.2 Å². The molecule has 0 bridgehead atoms. The van der Waals surface area contributed by atoms with Crippen molar-refractivity contribution in [1.82, 2.24) is 4.90 Å². The number of halogens is 3. The lowest BCUT2D eigenvalue weighted by molar-refractivity contribution is -0.253. The molecule has 1 aromatic rings. The minimum absolute atomic E-state index is 0.0931. The number of nitrogens with zero attached hydrogens (tertiary/aromatic N) is 1. The average Bonchev–Trinajstić information content (AvgIpc) is 3.03. The second kappa shape index (κ2) is 4.62. The summed E-state index contributed by atoms with van der Waals surface area (Å²) in [5, 5.41) is 12.8. The van der Waals surface area contributed by atoms with E-state index in [2.05, 4.69) is 5.32 Å². The van der Waals surface area contributed by atoms with Crippen LogP contribution in [0.5, 0.6) is 0 Å². The molecule has 1 atom stereocenters. The lowest BCUT2D eigenvalue weighted by atomic mass is 10.0. The molecule has 0 radical (unpaired) electrons. The van der Waals surface area contributed by atoms with Crippen LogP contribution >= 0.6 is 0 Å². The van der Waals surface area contributed by atoms with Crippen molar-refractivity contribution in [1.29, 1.82) is 0 Å². The number of likely N-dealkylation sites (tertiary alicyclic amines) is 1. The number of carbonyl (C=O) groups excluding carboxylic acids is 1. The lowest BCUT2D eigenvalue weighted by Crippen LogP contribution is -2.48. The molecule has 1 fully saturated rings. The van der Waals surface area contributed by atoms with Crippen molar-refractivity contribution in [2.75, 3.05) is 25.0 Å². The first-order chi connectivity index (χ1) is 9.80. The number of anilines is 1. The quantitative estimate of drug-likeness (QED) is 0.831. The highest BCUT2D eigenvalue weighted by molar-refractivity contribution is 5.95. The molecular formula is C14H15F3N2O2. The normalized spacial score (nSPS) is 24.9. The Bertz CT molecular complexity index is 588. The summed E-state index contributed by atoms with van der Waals surface area (Å²) in [6.07, 6.45) is -4.40. The first-order valence-electron chi connectivity index (χ1n) is 6.75. The van der Waals surface area contributed by atoms with Crippen LogP contribution in [-0.4, -0.2) is 47.3 Å². The van der Waals surface area contributed by atoms with E-state index in [-0.39, 0.29) is 6.54 Å². The van der Waals surface area contributed by atoms with Gasteiger partial charge in [0, 0.05) is 30.8 Å². The molecule has 3 rings (SSSR count). The van der Waals surface area contributed by atoms with Gasteiger partial charge in [-0.3, -0.25) is 4.79 Å². The molecule has 0 aliphatic carbocycles. The number of alkyl halides is 3. The van der Waals surface area contributed by atoms with Crippen LogP contribution in [-0.2, 0) is 6.42 Å².